The summed E-state index contributed by atoms with van der Waals surface area (Å²) in [5.74, 6) is -0.491. The number of methoxy groups -OCH3 is 1. The third-order valence-electron chi connectivity index (χ3n) is 1.52. The molecule has 0 aliphatic rings. The van der Waals surface area contributed by atoms with Gasteiger partial charge in [0.25, 0.3) is 0 Å². The van der Waals surface area contributed by atoms with Crippen molar-refractivity contribution >= 4 is 34.3 Å². The van der Waals surface area contributed by atoms with Crippen LogP contribution in [0.2, 0.25) is 0 Å². The number of nitrogens with two attached hydrogens (primary N) is 1. The van der Waals surface area contributed by atoms with Crippen molar-refractivity contribution in [3.8, 4) is 0 Å². The van der Waals surface area contributed by atoms with E-state index in [0.29, 0.717) is 5.69 Å². The summed E-state index contributed by atoms with van der Waals surface area (Å²) in [7, 11) is 1.29. The summed E-state index contributed by atoms with van der Waals surface area (Å²) in [6.07, 6.45) is 1.58. The molecule has 14 heavy (non-hydrogen) atoms. The molecule has 0 unspecified atom stereocenters. The summed E-state index contributed by atoms with van der Waals surface area (Å²) in [6, 6.07) is 2.63. The topological polar surface area (TPSA) is 65.2 Å². The zero-order chi connectivity index (χ0) is 9.84. The van der Waals surface area contributed by atoms with E-state index in [4.69, 9.17) is 5.73 Å². The van der Waals surface area contributed by atoms with Crippen molar-refractivity contribution in [2.24, 2.45) is 5.73 Å². The van der Waals surface area contributed by atoms with Gasteiger partial charge < -0.3 is 10.5 Å². The maximum atomic E-state index is 11.0. The molecule has 1 heterocycles. The fraction of sp³-hybridized carbons (Fsp3) is 0.250. The van der Waals surface area contributed by atoms with Crippen LogP contribution in [0.4, 0.5) is 0 Å². The Morgan fingerprint density at radius 3 is 2.71 bits per heavy atom. The highest BCUT2D eigenvalue weighted by molar-refractivity contribution is 9.10. The molecule has 0 amide bonds. The summed E-state index contributed by atoms with van der Waals surface area (Å²) < 4.78 is 5.32. The Bertz CT molecular complexity index is 305. The largest absolute Gasteiger partial charge is 0.468 e. The lowest BCUT2D eigenvalue weighted by atomic mass is 10.2. The van der Waals surface area contributed by atoms with Crippen molar-refractivity contribution < 1.29 is 9.53 Å². The molecule has 0 aliphatic carbocycles. The van der Waals surface area contributed by atoms with Crippen molar-refractivity contribution in [3.05, 3.63) is 28.5 Å². The summed E-state index contributed by atoms with van der Waals surface area (Å²) in [5, 5.41) is 0. The lowest BCUT2D eigenvalue weighted by Gasteiger charge is -2.07. The zero-order valence-electron chi connectivity index (χ0n) is 7.44. The summed E-state index contributed by atoms with van der Waals surface area (Å²) in [5.41, 5.74) is 6.04. The molecule has 1 aromatic rings. The van der Waals surface area contributed by atoms with E-state index in [-0.39, 0.29) is 12.4 Å². The van der Waals surface area contributed by atoms with Gasteiger partial charge in [0.1, 0.15) is 6.04 Å². The van der Waals surface area contributed by atoms with E-state index in [2.05, 4.69) is 25.7 Å². The SMILES string of the molecule is COC(=O)[C@H](N)c1ccc(Br)cn1.Cl. The molecule has 78 valence electrons. The van der Waals surface area contributed by atoms with E-state index in [0.717, 1.165) is 4.47 Å². The quantitative estimate of drug-likeness (QED) is 0.833. The minimum absolute atomic E-state index is 0. The van der Waals surface area contributed by atoms with Crippen molar-refractivity contribution in [1.82, 2.24) is 4.98 Å². The predicted octanol–water partition coefficient (Wildman–Crippen LogP) is 1.44. The van der Waals surface area contributed by atoms with Gasteiger partial charge in [0.15, 0.2) is 0 Å². The van der Waals surface area contributed by atoms with Crippen LogP contribution in [-0.4, -0.2) is 18.1 Å². The molecule has 4 nitrogen and oxygen atoms in total. The number of hydrogen-bond acceptors (Lipinski definition) is 4. The molecule has 1 atom stereocenters. The van der Waals surface area contributed by atoms with Crippen molar-refractivity contribution in [3.63, 3.8) is 0 Å². The third kappa shape index (κ3) is 3.25. The number of esters is 1. The van der Waals surface area contributed by atoms with Gasteiger partial charge in [-0.25, -0.2) is 4.79 Å². The maximum absolute atomic E-state index is 11.0. The molecule has 0 aromatic carbocycles. The Morgan fingerprint density at radius 1 is 1.64 bits per heavy atom. The first-order chi connectivity index (χ1) is 6.15. The predicted molar refractivity (Wildman–Crippen MR) is 58.1 cm³/mol. The van der Waals surface area contributed by atoms with Crippen LogP contribution < -0.4 is 5.73 Å². The van der Waals surface area contributed by atoms with Gasteiger partial charge in [-0.1, -0.05) is 0 Å². The molecule has 0 saturated carbocycles. The van der Waals surface area contributed by atoms with Gasteiger partial charge in [0.2, 0.25) is 0 Å². The standard InChI is InChI=1S/C8H9BrN2O2.ClH/c1-13-8(12)7(10)6-3-2-5(9)4-11-6;/h2-4,7H,10H2,1H3;1H/t7-;/m1./s1. The highest BCUT2D eigenvalue weighted by Crippen LogP contribution is 2.12. The molecule has 0 bridgehead atoms. The zero-order valence-corrected chi connectivity index (χ0v) is 9.84. The molecule has 0 fully saturated rings. The van der Waals surface area contributed by atoms with Gasteiger partial charge in [-0.15, -0.1) is 12.4 Å². The van der Waals surface area contributed by atoms with Crippen LogP contribution in [-0.2, 0) is 9.53 Å². The first kappa shape index (κ1) is 13.4. The first-order valence-corrected chi connectivity index (χ1v) is 4.39. The highest BCUT2D eigenvalue weighted by Gasteiger charge is 2.16. The lowest BCUT2D eigenvalue weighted by molar-refractivity contribution is -0.142. The Hall–Kier alpha value is -0.650. The fourth-order valence-corrected chi connectivity index (χ4v) is 1.05. The van der Waals surface area contributed by atoms with Crippen LogP contribution >= 0.6 is 28.3 Å². The minimum atomic E-state index is -0.807. The normalized spacial score (nSPS) is 11.4. The molecule has 0 spiro atoms. The second-order valence-corrected chi connectivity index (χ2v) is 3.32. The number of hydrogen-bond donors (Lipinski definition) is 1. The van der Waals surface area contributed by atoms with E-state index in [1.165, 1.54) is 7.11 Å². The average molecular weight is 282 g/mol. The molecule has 1 aromatic heterocycles. The summed E-state index contributed by atoms with van der Waals surface area (Å²) in [4.78, 5) is 15.0. The number of carbonyl (C=O) groups is 1. The number of ether oxygens (including phenoxy) is 1. The lowest BCUT2D eigenvalue weighted by Crippen LogP contribution is -2.23. The van der Waals surface area contributed by atoms with Crippen LogP contribution in [0.15, 0.2) is 22.8 Å². The van der Waals surface area contributed by atoms with E-state index in [1.807, 2.05) is 0 Å². The average Bonchev–Trinajstić information content (AvgIpc) is 2.17. The van der Waals surface area contributed by atoms with Crippen molar-refractivity contribution in [2.75, 3.05) is 7.11 Å². The van der Waals surface area contributed by atoms with Gasteiger partial charge >= 0.3 is 5.97 Å². The molecular weight excluding hydrogens is 271 g/mol. The van der Waals surface area contributed by atoms with Crippen LogP contribution in [0, 0.1) is 0 Å². The van der Waals surface area contributed by atoms with E-state index in [9.17, 15) is 4.79 Å². The number of pyridine rings is 1. The van der Waals surface area contributed by atoms with E-state index in [1.54, 1.807) is 18.3 Å². The molecular formula is C8H10BrClN2O2. The molecule has 1 rings (SSSR count). The van der Waals surface area contributed by atoms with Crippen molar-refractivity contribution in [2.45, 2.75) is 6.04 Å². The Kier molecular flexibility index (Phi) is 5.68. The number of carbonyl (C=O) groups excluding carboxylic acids is 1. The number of rotatable bonds is 2. The molecule has 6 heteroatoms. The van der Waals surface area contributed by atoms with E-state index < -0.39 is 12.0 Å². The molecule has 0 radical (unpaired) electrons. The van der Waals surface area contributed by atoms with Gasteiger partial charge in [0, 0.05) is 10.7 Å². The number of nitrogens with zero attached hydrogens (tertiary/aromatic N) is 1. The van der Waals surface area contributed by atoms with Crippen LogP contribution in [0.1, 0.15) is 11.7 Å². The monoisotopic (exact) mass is 280 g/mol. The Labute approximate surface area is 96.4 Å². The maximum Gasteiger partial charge on any atom is 0.328 e. The minimum Gasteiger partial charge on any atom is -0.468 e. The third-order valence-corrected chi connectivity index (χ3v) is 1.99. The highest BCUT2D eigenvalue weighted by atomic mass is 79.9. The Morgan fingerprint density at radius 2 is 2.29 bits per heavy atom. The number of halogens is 2. The van der Waals surface area contributed by atoms with Crippen LogP contribution in [0.25, 0.3) is 0 Å². The summed E-state index contributed by atoms with van der Waals surface area (Å²) in [6.45, 7) is 0. The smallest absolute Gasteiger partial charge is 0.328 e. The Balaban J connectivity index is 0.00000169. The van der Waals surface area contributed by atoms with Gasteiger partial charge in [-0.2, -0.15) is 0 Å². The fourth-order valence-electron chi connectivity index (χ4n) is 0.819. The van der Waals surface area contributed by atoms with Gasteiger partial charge in [0.05, 0.1) is 12.8 Å². The number of aromatic nitrogens is 1. The molecule has 2 N–H and O–H groups in total. The van der Waals surface area contributed by atoms with E-state index >= 15 is 0 Å². The van der Waals surface area contributed by atoms with Crippen LogP contribution in [0.3, 0.4) is 0 Å². The molecule has 0 saturated heterocycles. The summed E-state index contributed by atoms with van der Waals surface area (Å²) >= 11 is 3.23. The second kappa shape index (κ2) is 5.95. The van der Waals surface area contributed by atoms with Crippen molar-refractivity contribution in [1.29, 1.82) is 0 Å². The van der Waals surface area contributed by atoms with Gasteiger partial charge in [-0.3, -0.25) is 4.98 Å². The first-order valence-electron chi connectivity index (χ1n) is 3.60. The molecule has 0 aliphatic heterocycles. The van der Waals surface area contributed by atoms with Crippen LogP contribution in [0.5, 0.6) is 0 Å². The van der Waals surface area contributed by atoms with Gasteiger partial charge in [-0.05, 0) is 28.1 Å². The second-order valence-electron chi connectivity index (χ2n) is 2.40.